The van der Waals surface area contributed by atoms with Gasteiger partial charge in [0.15, 0.2) is 5.82 Å². The Labute approximate surface area is 238 Å². The molecule has 0 aliphatic carbocycles. The molecule has 210 valence electrons. The number of aromatic nitrogens is 4. The number of carbonyl (C=O) groups is 2. The van der Waals surface area contributed by atoms with Crippen LogP contribution in [0.25, 0.3) is 33.2 Å². The first kappa shape index (κ1) is 27.6. The van der Waals surface area contributed by atoms with Gasteiger partial charge in [-0.3, -0.25) is 14.3 Å². The van der Waals surface area contributed by atoms with Crippen LogP contribution >= 0.6 is 0 Å². The zero-order valence-corrected chi connectivity index (χ0v) is 23.5. The van der Waals surface area contributed by atoms with Gasteiger partial charge in [0.05, 0.1) is 17.2 Å². The predicted octanol–water partition coefficient (Wildman–Crippen LogP) is 4.54. The number of benzene rings is 3. The third-order valence-electron chi connectivity index (χ3n) is 6.37. The summed E-state index contributed by atoms with van der Waals surface area (Å²) in [7, 11) is 0. The highest BCUT2D eigenvalue weighted by atomic mass is 16.3. The minimum absolute atomic E-state index is 0.00903. The Morgan fingerprint density at radius 3 is 2.41 bits per heavy atom. The molecule has 2 heterocycles. The molecule has 2 amide bonds. The standard InChI is InChI=1S/C31H33N7O3/c1-19(2)33-28(40)17-37(23-12-13-27-22(14-23)16-32-38(27)18-29(41)34-20(3)4)31-25-10-5-6-11-26(25)35-30(36-31)21-8-7-9-24(39)15-21/h5-16,19-20,39H,17-18H2,1-4H3,(H,33,40)(H,34,41). The van der Waals surface area contributed by atoms with Gasteiger partial charge in [0, 0.05) is 34.1 Å². The second-order valence-corrected chi connectivity index (χ2v) is 10.5. The average molecular weight is 552 g/mol. The van der Waals surface area contributed by atoms with Crippen molar-refractivity contribution in [2.45, 2.75) is 46.3 Å². The van der Waals surface area contributed by atoms with Crippen molar-refractivity contribution in [3.63, 3.8) is 0 Å². The number of hydrogen-bond acceptors (Lipinski definition) is 7. The lowest BCUT2D eigenvalue weighted by molar-refractivity contribution is -0.122. The minimum Gasteiger partial charge on any atom is -0.508 e. The molecule has 0 saturated carbocycles. The van der Waals surface area contributed by atoms with Gasteiger partial charge in [-0.2, -0.15) is 5.10 Å². The fourth-order valence-corrected chi connectivity index (χ4v) is 4.71. The highest BCUT2D eigenvalue weighted by molar-refractivity contribution is 5.97. The van der Waals surface area contributed by atoms with Gasteiger partial charge in [-0.1, -0.05) is 24.3 Å². The quantitative estimate of drug-likeness (QED) is 0.246. The first-order valence-corrected chi connectivity index (χ1v) is 13.6. The summed E-state index contributed by atoms with van der Waals surface area (Å²) in [5.74, 6) is 0.805. The first-order chi connectivity index (χ1) is 19.7. The summed E-state index contributed by atoms with van der Waals surface area (Å²) in [6.45, 7) is 7.77. The van der Waals surface area contributed by atoms with E-state index in [1.165, 1.54) is 0 Å². The molecule has 0 bridgehead atoms. The maximum absolute atomic E-state index is 13.1. The van der Waals surface area contributed by atoms with Crippen LogP contribution in [0.4, 0.5) is 11.5 Å². The van der Waals surface area contributed by atoms with E-state index < -0.39 is 0 Å². The Kier molecular flexibility index (Phi) is 7.82. The summed E-state index contributed by atoms with van der Waals surface area (Å²) in [4.78, 5) is 37.0. The Bertz CT molecular complexity index is 1730. The van der Waals surface area contributed by atoms with Gasteiger partial charge >= 0.3 is 0 Å². The monoisotopic (exact) mass is 551 g/mol. The molecule has 0 aliphatic rings. The fourth-order valence-electron chi connectivity index (χ4n) is 4.71. The second kappa shape index (κ2) is 11.6. The van der Waals surface area contributed by atoms with Crippen molar-refractivity contribution in [1.82, 2.24) is 30.4 Å². The third-order valence-corrected chi connectivity index (χ3v) is 6.37. The number of amides is 2. The molecule has 3 N–H and O–H groups in total. The fraction of sp³-hybridized carbons (Fsp3) is 0.258. The Morgan fingerprint density at radius 2 is 1.66 bits per heavy atom. The number of rotatable bonds is 9. The molecule has 0 unspecified atom stereocenters. The molecule has 0 atom stereocenters. The van der Waals surface area contributed by atoms with E-state index in [2.05, 4.69) is 15.7 Å². The highest BCUT2D eigenvalue weighted by Gasteiger charge is 2.21. The SMILES string of the molecule is CC(C)NC(=O)CN(c1ccc2c(cnn2CC(=O)NC(C)C)c1)c1nc(-c2cccc(O)c2)nc2ccccc12. The van der Waals surface area contributed by atoms with Crippen LogP contribution in [0, 0.1) is 0 Å². The van der Waals surface area contributed by atoms with E-state index in [9.17, 15) is 14.7 Å². The molecule has 0 fully saturated rings. The van der Waals surface area contributed by atoms with Crippen LogP contribution < -0.4 is 15.5 Å². The molecule has 5 rings (SSSR count). The molecule has 2 aromatic heterocycles. The molecule has 10 nitrogen and oxygen atoms in total. The van der Waals surface area contributed by atoms with E-state index in [4.69, 9.17) is 9.97 Å². The van der Waals surface area contributed by atoms with E-state index in [-0.39, 0.29) is 42.7 Å². The van der Waals surface area contributed by atoms with Gasteiger partial charge in [0.2, 0.25) is 11.8 Å². The predicted molar refractivity (Wildman–Crippen MR) is 160 cm³/mol. The van der Waals surface area contributed by atoms with Crippen LogP contribution in [0.5, 0.6) is 5.75 Å². The van der Waals surface area contributed by atoms with Crippen LogP contribution in [0.1, 0.15) is 27.7 Å². The number of fused-ring (bicyclic) bond motifs is 2. The van der Waals surface area contributed by atoms with Crippen LogP contribution in [0.3, 0.4) is 0 Å². The lowest BCUT2D eigenvalue weighted by Crippen LogP contribution is -2.38. The van der Waals surface area contributed by atoms with Gasteiger partial charge in [-0.15, -0.1) is 0 Å². The lowest BCUT2D eigenvalue weighted by Gasteiger charge is -2.26. The molecular formula is C31H33N7O3. The van der Waals surface area contributed by atoms with Crippen LogP contribution in [0.15, 0.2) is 72.9 Å². The largest absolute Gasteiger partial charge is 0.508 e. The van der Waals surface area contributed by atoms with Gasteiger partial charge in [0.1, 0.15) is 24.7 Å². The number of phenols is 1. The number of para-hydroxylation sites is 1. The number of aromatic hydroxyl groups is 1. The van der Waals surface area contributed by atoms with Gasteiger partial charge in [0.25, 0.3) is 0 Å². The Balaban J connectivity index is 1.62. The summed E-state index contributed by atoms with van der Waals surface area (Å²) in [5, 5.41) is 22.0. The zero-order valence-electron chi connectivity index (χ0n) is 23.5. The van der Waals surface area contributed by atoms with Gasteiger partial charge in [-0.05, 0) is 70.2 Å². The van der Waals surface area contributed by atoms with E-state index in [0.717, 1.165) is 22.0 Å². The smallest absolute Gasteiger partial charge is 0.241 e. The van der Waals surface area contributed by atoms with E-state index in [1.807, 2.05) is 81.1 Å². The summed E-state index contributed by atoms with van der Waals surface area (Å²) in [6.07, 6.45) is 1.71. The van der Waals surface area contributed by atoms with Crippen molar-refractivity contribution in [3.8, 4) is 17.1 Å². The van der Waals surface area contributed by atoms with Crippen molar-refractivity contribution in [2.24, 2.45) is 0 Å². The van der Waals surface area contributed by atoms with Crippen molar-refractivity contribution in [3.05, 3.63) is 72.9 Å². The van der Waals surface area contributed by atoms with Crippen molar-refractivity contribution in [2.75, 3.05) is 11.4 Å². The normalized spacial score (nSPS) is 11.4. The molecule has 10 heteroatoms. The number of anilines is 2. The lowest BCUT2D eigenvalue weighted by atomic mass is 10.1. The summed E-state index contributed by atoms with van der Waals surface area (Å²) in [6, 6.07) is 20.1. The maximum atomic E-state index is 13.1. The Morgan fingerprint density at radius 1 is 0.902 bits per heavy atom. The summed E-state index contributed by atoms with van der Waals surface area (Å²) in [5.41, 5.74) is 2.88. The molecule has 3 aromatic carbocycles. The molecule has 0 spiro atoms. The van der Waals surface area contributed by atoms with Crippen molar-refractivity contribution < 1.29 is 14.7 Å². The van der Waals surface area contributed by atoms with E-state index in [1.54, 1.807) is 29.1 Å². The van der Waals surface area contributed by atoms with Crippen LogP contribution in [-0.2, 0) is 16.1 Å². The molecule has 0 radical (unpaired) electrons. The van der Waals surface area contributed by atoms with Crippen LogP contribution in [0.2, 0.25) is 0 Å². The van der Waals surface area contributed by atoms with Gasteiger partial charge < -0.3 is 20.6 Å². The maximum Gasteiger partial charge on any atom is 0.241 e. The van der Waals surface area contributed by atoms with Crippen LogP contribution in [-0.4, -0.2) is 55.3 Å². The number of nitrogens with zero attached hydrogens (tertiary/aromatic N) is 5. The highest BCUT2D eigenvalue weighted by Crippen LogP contribution is 2.34. The van der Waals surface area contributed by atoms with Crippen molar-refractivity contribution >= 4 is 45.1 Å². The van der Waals surface area contributed by atoms with E-state index in [0.29, 0.717) is 22.7 Å². The Hall–Kier alpha value is -4.99. The molecule has 0 aliphatic heterocycles. The average Bonchev–Trinajstić information content (AvgIpc) is 3.32. The first-order valence-electron chi connectivity index (χ1n) is 13.6. The second-order valence-electron chi connectivity index (χ2n) is 10.5. The molecule has 41 heavy (non-hydrogen) atoms. The molecule has 0 saturated heterocycles. The summed E-state index contributed by atoms with van der Waals surface area (Å²) >= 11 is 0. The zero-order chi connectivity index (χ0) is 29.1. The third kappa shape index (κ3) is 6.27. The number of nitrogens with one attached hydrogen (secondary N) is 2. The molecule has 5 aromatic rings. The number of phenolic OH excluding ortho intramolecular Hbond substituents is 1. The van der Waals surface area contributed by atoms with Gasteiger partial charge in [-0.25, -0.2) is 9.97 Å². The number of hydrogen-bond donors (Lipinski definition) is 3. The topological polar surface area (TPSA) is 125 Å². The molecular weight excluding hydrogens is 518 g/mol. The minimum atomic E-state index is -0.164. The number of carbonyl (C=O) groups excluding carboxylic acids is 2. The summed E-state index contributed by atoms with van der Waals surface area (Å²) < 4.78 is 1.66. The van der Waals surface area contributed by atoms with Crippen molar-refractivity contribution in [1.29, 1.82) is 0 Å². The van der Waals surface area contributed by atoms with E-state index >= 15 is 0 Å².